The molecule has 5 nitrogen and oxygen atoms in total. The van der Waals surface area contributed by atoms with Gasteiger partial charge in [0.05, 0.1) is 4.90 Å². The monoisotopic (exact) mass is 412 g/mol. The average Bonchev–Trinajstić information content (AvgIpc) is 3.00. The van der Waals surface area contributed by atoms with Crippen LogP contribution in [0.5, 0.6) is 0 Å². The van der Waals surface area contributed by atoms with Crippen molar-refractivity contribution < 1.29 is 13.2 Å². The molecule has 0 spiro atoms. The van der Waals surface area contributed by atoms with Gasteiger partial charge in [0.25, 0.3) is 0 Å². The number of amides is 1. The van der Waals surface area contributed by atoms with E-state index in [4.69, 9.17) is 0 Å². The van der Waals surface area contributed by atoms with Gasteiger partial charge in [-0.05, 0) is 61.6 Å². The summed E-state index contributed by atoms with van der Waals surface area (Å²) in [6.07, 6.45) is 7.14. The summed E-state index contributed by atoms with van der Waals surface area (Å²) in [7, 11) is -3.45. The first kappa shape index (κ1) is 21.3. The van der Waals surface area contributed by atoms with Crippen LogP contribution >= 0.6 is 0 Å². The summed E-state index contributed by atoms with van der Waals surface area (Å²) in [6.45, 7) is 5.08. The number of para-hydroxylation sites is 1. The van der Waals surface area contributed by atoms with Crippen LogP contribution in [0, 0.1) is 13.8 Å². The van der Waals surface area contributed by atoms with Crippen LogP contribution in [0.25, 0.3) is 6.08 Å². The first-order valence-corrected chi connectivity index (χ1v) is 11.5. The molecular formula is C23H28N2O3S. The second-order valence-corrected chi connectivity index (χ2v) is 9.41. The molecule has 1 saturated heterocycles. The van der Waals surface area contributed by atoms with Crippen LogP contribution in [0.1, 0.15) is 42.4 Å². The number of hydrogen-bond donors (Lipinski definition) is 1. The molecule has 1 aliphatic heterocycles. The molecule has 2 aromatic rings. The van der Waals surface area contributed by atoms with Crippen LogP contribution in [0.4, 0.5) is 5.69 Å². The number of benzene rings is 2. The number of sulfonamides is 1. The number of carbonyl (C=O) groups is 1. The number of nitrogens with zero attached hydrogens (tertiary/aromatic N) is 1. The Kier molecular flexibility index (Phi) is 6.87. The molecule has 3 rings (SSSR count). The van der Waals surface area contributed by atoms with E-state index in [2.05, 4.69) is 5.32 Å². The summed E-state index contributed by atoms with van der Waals surface area (Å²) < 4.78 is 27.2. The largest absolute Gasteiger partial charge is 0.322 e. The number of carbonyl (C=O) groups excluding carboxylic acids is 1. The van der Waals surface area contributed by atoms with Gasteiger partial charge >= 0.3 is 0 Å². The zero-order chi connectivity index (χ0) is 20.9. The molecule has 0 saturated carbocycles. The molecule has 1 aliphatic rings. The molecule has 2 aromatic carbocycles. The zero-order valence-corrected chi connectivity index (χ0v) is 17.8. The normalized spacial score (nSPS) is 15.9. The lowest BCUT2D eigenvalue weighted by Crippen LogP contribution is -2.31. The lowest BCUT2D eigenvalue weighted by Gasteiger charge is -2.19. The molecule has 6 heteroatoms. The fourth-order valence-electron chi connectivity index (χ4n) is 3.53. The van der Waals surface area contributed by atoms with Gasteiger partial charge in [-0.15, -0.1) is 0 Å². The van der Waals surface area contributed by atoms with Gasteiger partial charge in [0.15, 0.2) is 0 Å². The van der Waals surface area contributed by atoms with Crippen molar-refractivity contribution in [2.75, 3.05) is 18.4 Å². The molecule has 154 valence electrons. The SMILES string of the molecule is Cc1cccc(C)c1NC(=O)/C=C/c1ccc(S(=O)(=O)N2CCCCCC2)cc1. The highest BCUT2D eigenvalue weighted by Gasteiger charge is 2.24. The highest BCUT2D eigenvalue weighted by molar-refractivity contribution is 7.89. The van der Waals surface area contributed by atoms with E-state index >= 15 is 0 Å². The standard InChI is InChI=1S/C23H28N2O3S/c1-18-8-7-9-19(2)23(18)24-22(26)15-12-20-10-13-21(14-11-20)29(27,28)25-16-5-3-4-6-17-25/h7-15H,3-6,16-17H2,1-2H3,(H,24,26)/b15-12+. The van der Waals surface area contributed by atoms with Crippen molar-refractivity contribution >= 4 is 27.7 Å². The first-order chi connectivity index (χ1) is 13.9. The molecule has 1 heterocycles. The summed E-state index contributed by atoms with van der Waals surface area (Å²) in [5.41, 5.74) is 3.61. The topological polar surface area (TPSA) is 66.5 Å². The van der Waals surface area contributed by atoms with Gasteiger partial charge in [0, 0.05) is 24.9 Å². The van der Waals surface area contributed by atoms with Gasteiger partial charge in [-0.1, -0.05) is 43.2 Å². The number of hydrogen-bond acceptors (Lipinski definition) is 3. The number of anilines is 1. The van der Waals surface area contributed by atoms with E-state index in [1.807, 2.05) is 32.0 Å². The van der Waals surface area contributed by atoms with E-state index in [9.17, 15) is 13.2 Å². The van der Waals surface area contributed by atoms with Crippen LogP contribution in [0.3, 0.4) is 0 Å². The number of aryl methyl sites for hydroxylation is 2. The molecule has 0 unspecified atom stereocenters. The van der Waals surface area contributed by atoms with E-state index in [0.29, 0.717) is 18.0 Å². The van der Waals surface area contributed by atoms with Crippen molar-refractivity contribution in [2.45, 2.75) is 44.4 Å². The van der Waals surface area contributed by atoms with Crippen LogP contribution in [0.2, 0.25) is 0 Å². The average molecular weight is 413 g/mol. The first-order valence-electron chi connectivity index (χ1n) is 10.0. The minimum absolute atomic E-state index is 0.219. The lowest BCUT2D eigenvalue weighted by molar-refractivity contribution is -0.111. The minimum atomic E-state index is -3.45. The predicted molar refractivity (Wildman–Crippen MR) is 117 cm³/mol. The molecule has 0 aliphatic carbocycles. The van der Waals surface area contributed by atoms with Crippen molar-refractivity contribution in [1.29, 1.82) is 0 Å². The highest BCUT2D eigenvalue weighted by Crippen LogP contribution is 2.22. The molecule has 0 radical (unpaired) electrons. The molecule has 0 atom stereocenters. The summed E-state index contributed by atoms with van der Waals surface area (Å²) in [4.78, 5) is 12.6. The van der Waals surface area contributed by atoms with E-state index in [1.165, 1.54) is 6.08 Å². The lowest BCUT2D eigenvalue weighted by atomic mass is 10.1. The maximum absolute atomic E-state index is 12.8. The smallest absolute Gasteiger partial charge is 0.248 e. The van der Waals surface area contributed by atoms with Gasteiger partial charge in [-0.2, -0.15) is 4.31 Å². The Labute approximate surface area is 173 Å². The molecule has 0 aromatic heterocycles. The van der Waals surface area contributed by atoms with Crippen molar-refractivity contribution in [1.82, 2.24) is 4.31 Å². The maximum Gasteiger partial charge on any atom is 0.248 e. The van der Waals surface area contributed by atoms with Gasteiger partial charge < -0.3 is 5.32 Å². The second kappa shape index (κ2) is 9.37. The second-order valence-electron chi connectivity index (χ2n) is 7.48. The Morgan fingerprint density at radius 3 is 2.10 bits per heavy atom. The van der Waals surface area contributed by atoms with Gasteiger partial charge in [0.1, 0.15) is 0 Å². The summed E-state index contributed by atoms with van der Waals surface area (Å²) in [6, 6.07) is 12.6. The van der Waals surface area contributed by atoms with Crippen molar-refractivity contribution in [3.63, 3.8) is 0 Å². The number of nitrogens with one attached hydrogen (secondary N) is 1. The van der Waals surface area contributed by atoms with E-state index in [-0.39, 0.29) is 5.91 Å². The van der Waals surface area contributed by atoms with Gasteiger partial charge in [-0.25, -0.2) is 8.42 Å². The van der Waals surface area contributed by atoms with Gasteiger partial charge in [-0.3, -0.25) is 4.79 Å². The Bertz CT molecular complexity index is 967. The van der Waals surface area contributed by atoms with E-state index in [0.717, 1.165) is 48.1 Å². The summed E-state index contributed by atoms with van der Waals surface area (Å²) in [5, 5.41) is 2.90. The summed E-state index contributed by atoms with van der Waals surface area (Å²) in [5.74, 6) is -0.219. The van der Waals surface area contributed by atoms with Crippen LogP contribution in [-0.4, -0.2) is 31.7 Å². The minimum Gasteiger partial charge on any atom is -0.322 e. The van der Waals surface area contributed by atoms with Crippen LogP contribution in [0.15, 0.2) is 53.4 Å². The highest BCUT2D eigenvalue weighted by atomic mass is 32.2. The summed E-state index contributed by atoms with van der Waals surface area (Å²) >= 11 is 0. The Hall–Kier alpha value is -2.44. The fraction of sp³-hybridized carbons (Fsp3) is 0.348. The molecule has 29 heavy (non-hydrogen) atoms. The zero-order valence-electron chi connectivity index (χ0n) is 17.0. The Morgan fingerprint density at radius 2 is 1.52 bits per heavy atom. The quantitative estimate of drug-likeness (QED) is 0.734. The van der Waals surface area contributed by atoms with Crippen LogP contribution in [-0.2, 0) is 14.8 Å². The Balaban J connectivity index is 1.67. The van der Waals surface area contributed by atoms with Gasteiger partial charge in [0.2, 0.25) is 15.9 Å². The molecule has 1 amide bonds. The molecule has 1 fully saturated rings. The fourth-order valence-corrected chi connectivity index (χ4v) is 5.05. The number of rotatable bonds is 5. The van der Waals surface area contributed by atoms with Crippen molar-refractivity contribution in [3.8, 4) is 0 Å². The molecule has 1 N–H and O–H groups in total. The van der Waals surface area contributed by atoms with Crippen LogP contribution < -0.4 is 5.32 Å². The molecule has 0 bridgehead atoms. The van der Waals surface area contributed by atoms with Crippen molar-refractivity contribution in [3.05, 3.63) is 65.2 Å². The van der Waals surface area contributed by atoms with E-state index < -0.39 is 10.0 Å². The van der Waals surface area contributed by atoms with Crippen molar-refractivity contribution in [2.24, 2.45) is 0 Å². The third-order valence-corrected chi connectivity index (χ3v) is 7.15. The predicted octanol–water partition coefficient (Wildman–Crippen LogP) is 4.52. The van der Waals surface area contributed by atoms with E-state index in [1.54, 1.807) is 34.6 Å². The maximum atomic E-state index is 12.8. The third-order valence-electron chi connectivity index (χ3n) is 5.24. The Morgan fingerprint density at radius 1 is 0.931 bits per heavy atom. The molecular weight excluding hydrogens is 384 g/mol. The third kappa shape index (κ3) is 5.34.